The van der Waals surface area contributed by atoms with Crippen molar-refractivity contribution in [3.05, 3.63) is 40.9 Å². The number of aromatic nitrogens is 1. The molecule has 4 heteroatoms. The van der Waals surface area contributed by atoms with E-state index in [-0.39, 0.29) is 0 Å². The minimum atomic E-state index is 0.633. The molecule has 0 aliphatic heterocycles. The molecule has 1 aromatic carbocycles. The lowest BCUT2D eigenvalue weighted by Crippen LogP contribution is -2.16. The highest BCUT2D eigenvalue weighted by atomic mass is 32.1. The molecule has 16 heavy (non-hydrogen) atoms. The average molecular weight is 233 g/mol. The van der Waals surface area contributed by atoms with Gasteiger partial charge in [0.1, 0.15) is 0 Å². The van der Waals surface area contributed by atoms with Crippen molar-refractivity contribution in [3.8, 4) is 0 Å². The van der Waals surface area contributed by atoms with E-state index >= 15 is 0 Å². The standard InChI is InChI=1S/C12H15N3S/c1-9-5-3-4-6-11(9)15(2)8-10-7-14-12(13)16-10/h3-7H,8H2,1-2H3,(H2,13,14). The van der Waals surface area contributed by atoms with Crippen molar-refractivity contribution in [1.82, 2.24) is 4.98 Å². The van der Waals surface area contributed by atoms with Crippen LogP contribution >= 0.6 is 11.3 Å². The van der Waals surface area contributed by atoms with Crippen LogP contribution in [0.3, 0.4) is 0 Å². The van der Waals surface area contributed by atoms with Crippen LogP contribution in [0.4, 0.5) is 10.8 Å². The summed E-state index contributed by atoms with van der Waals surface area (Å²) in [5, 5.41) is 0.633. The molecule has 84 valence electrons. The Morgan fingerprint density at radius 3 is 2.75 bits per heavy atom. The topological polar surface area (TPSA) is 42.2 Å². The quantitative estimate of drug-likeness (QED) is 0.886. The smallest absolute Gasteiger partial charge is 0.180 e. The third-order valence-electron chi connectivity index (χ3n) is 2.49. The maximum absolute atomic E-state index is 5.61. The van der Waals surface area contributed by atoms with E-state index in [1.807, 2.05) is 6.20 Å². The van der Waals surface area contributed by atoms with E-state index in [4.69, 9.17) is 5.73 Å². The number of aryl methyl sites for hydroxylation is 1. The number of nitrogens with zero attached hydrogens (tertiary/aromatic N) is 2. The molecule has 0 amide bonds. The number of hydrogen-bond acceptors (Lipinski definition) is 4. The Hall–Kier alpha value is -1.55. The summed E-state index contributed by atoms with van der Waals surface area (Å²) in [5.41, 5.74) is 8.14. The van der Waals surface area contributed by atoms with Crippen molar-refractivity contribution < 1.29 is 0 Å². The van der Waals surface area contributed by atoms with Gasteiger partial charge in [0.25, 0.3) is 0 Å². The Labute approximate surface area is 99.5 Å². The molecule has 2 rings (SSSR count). The second-order valence-corrected chi connectivity index (χ2v) is 4.95. The van der Waals surface area contributed by atoms with Crippen molar-refractivity contribution in [1.29, 1.82) is 0 Å². The Balaban J connectivity index is 2.14. The summed E-state index contributed by atoms with van der Waals surface area (Å²) in [6, 6.07) is 8.35. The summed E-state index contributed by atoms with van der Waals surface area (Å²) < 4.78 is 0. The number of thiazole rings is 1. The normalized spacial score (nSPS) is 10.4. The number of benzene rings is 1. The molecule has 0 aliphatic carbocycles. The Bertz CT molecular complexity index is 479. The maximum Gasteiger partial charge on any atom is 0.180 e. The molecule has 3 nitrogen and oxygen atoms in total. The predicted molar refractivity (Wildman–Crippen MR) is 69.8 cm³/mol. The third-order valence-corrected chi connectivity index (χ3v) is 3.30. The van der Waals surface area contributed by atoms with Gasteiger partial charge in [0.05, 0.1) is 6.54 Å². The summed E-state index contributed by atoms with van der Waals surface area (Å²) >= 11 is 1.54. The first kappa shape index (κ1) is 11.0. The first-order valence-electron chi connectivity index (χ1n) is 5.14. The Morgan fingerprint density at radius 2 is 2.12 bits per heavy atom. The minimum Gasteiger partial charge on any atom is -0.375 e. The van der Waals surface area contributed by atoms with Gasteiger partial charge in [0.2, 0.25) is 0 Å². The highest BCUT2D eigenvalue weighted by Gasteiger charge is 2.06. The van der Waals surface area contributed by atoms with Gasteiger partial charge in [0, 0.05) is 23.8 Å². The fourth-order valence-electron chi connectivity index (χ4n) is 1.71. The number of hydrogen-bond donors (Lipinski definition) is 1. The van der Waals surface area contributed by atoms with Crippen LogP contribution in [-0.2, 0) is 6.54 Å². The van der Waals surface area contributed by atoms with Gasteiger partial charge < -0.3 is 10.6 Å². The largest absolute Gasteiger partial charge is 0.375 e. The fraction of sp³-hybridized carbons (Fsp3) is 0.250. The van der Waals surface area contributed by atoms with E-state index in [0.717, 1.165) is 6.54 Å². The molecule has 1 aromatic heterocycles. The van der Waals surface area contributed by atoms with E-state index in [0.29, 0.717) is 5.13 Å². The second kappa shape index (κ2) is 4.53. The van der Waals surface area contributed by atoms with Crippen LogP contribution < -0.4 is 10.6 Å². The maximum atomic E-state index is 5.61. The Kier molecular flexibility index (Phi) is 3.10. The predicted octanol–water partition coefficient (Wildman–Crippen LogP) is 2.67. The molecular weight excluding hydrogens is 218 g/mol. The fourth-order valence-corrected chi connectivity index (χ4v) is 2.44. The summed E-state index contributed by atoms with van der Waals surface area (Å²) in [6.07, 6.45) is 1.84. The second-order valence-electron chi connectivity index (χ2n) is 3.81. The number of nitrogen functional groups attached to an aromatic ring is 1. The number of rotatable bonds is 3. The molecule has 0 spiro atoms. The van der Waals surface area contributed by atoms with E-state index in [1.54, 1.807) is 11.3 Å². The molecule has 0 aliphatic rings. The number of anilines is 2. The lowest BCUT2D eigenvalue weighted by Gasteiger charge is -2.20. The van der Waals surface area contributed by atoms with Crippen LogP contribution in [0.2, 0.25) is 0 Å². The molecule has 0 fully saturated rings. The zero-order valence-corrected chi connectivity index (χ0v) is 10.3. The van der Waals surface area contributed by atoms with Gasteiger partial charge in [-0.05, 0) is 18.6 Å². The van der Waals surface area contributed by atoms with Gasteiger partial charge in [-0.2, -0.15) is 0 Å². The van der Waals surface area contributed by atoms with Crippen LogP contribution in [-0.4, -0.2) is 12.0 Å². The minimum absolute atomic E-state index is 0.633. The van der Waals surface area contributed by atoms with Crippen molar-refractivity contribution >= 4 is 22.2 Å². The first-order chi connectivity index (χ1) is 7.66. The molecule has 0 saturated heterocycles. The van der Waals surface area contributed by atoms with Gasteiger partial charge >= 0.3 is 0 Å². The molecule has 0 bridgehead atoms. The van der Waals surface area contributed by atoms with Gasteiger partial charge in [-0.25, -0.2) is 4.98 Å². The lowest BCUT2D eigenvalue weighted by atomic mass is 10.2. The van der Waals surface area contributed by atoms with Crippen molar-refractivity contribution in [3.63, 3.8) is 0 Å². The molecule has 0 radical (unpaired) electrons. The molecule has 0 saturated carbocycles. The van der Waals surface area contributed by atoms with Crippen molar-refractivity contribution in [2.24, 2.45) is 0 Å². The van der Waals surface area contributed by atoms with E-state index < -0.39 is 0 Å². The monoisotopic (exact) mass is 233 g/mol. The average Bonchev–Trinajstić information content (AvgIpc) is 2.64. The summed E-state index contributed by atoms with van der Waals surface area (Å²) in [7, 11) is 2.08. The van der Waals surface area contributed by atoms with Crippen LogP contribution in [0, 0.1) is 6.92 Å². The zero-order valence-electron chi connectivity index (χ0n) is 9.47. The van der Waals surface area contributed by atoms with Crippen LogP contribution in [0.15, 0.2) is 30.5 Å². The molecule has 2 N–H and O–H groups in total. The van der Waals surface area contributed by atoms with Gasteiger partial charge in [-0.3, -0.25) is 0 Å². The molecular formula is C12H15N3S. The van der Waals surface area contributed by atoms with Crippen molar-refractivity contribution in [2.45, 2.75) is 13.5 Å². The van der Waals surface area contributed by atoms with Crippen LogP contribution in [0.1, 0.15) is 10.4 Å². The summed E-state index contributed by atoms with van der Waals surface area (Å²) in [5.74, 6) is 0. The highest BCUT2D eigenvalue weighted by Crippen LogP contribution is 2.22. The third kappa shape index (κ3) is 2.33. The first-order valence-corrected chi connectivity index (χ1v) is 5.95. The SMILES string of the molecule is Cc1ccccc1N(C)Cc1cnc(N)s1. The van der Waals surface area contributed by atoms with Gasteiger partial charge in [-0.15, -0.1) is 11.3 Å². The lowest BCUT2D eigenvalue weighted by molar-refractivity contribution is 0.931. The van der Waals surface area contributed by atoms with Gasteiger partial charge in [0.15, 0.2) is 5.13 Å². The van der Waals surface area contributed by atoms with Crippen molar-refractivity contribution in [2.75, 3.05) is 17.7 Å². The number of nitrogens with two attached hydrogens (primary N) is 1. The van der Waals surface area contributed by atoms with E-state index in [9.17, 15) is 0 Å². The van der Waals surface area contributed by atoms with E-state index in [1.165, 1.54) is 16.1 Å². The van der Waals surface area contributed by atoms with Crippen LogP contribution in [0.25, 0.3) is 0 Å². The van der Waals surface area contributed by atoms with E-state index in [2.05, 4.69) is 48.1 Å². The van der Waals surface area contributed by atoms with Gasteiger partial charge in [-0.1, -0.05) is 18.2 Å². The summed E-state index contributed by atoms with van der Waals surface area (Å²) in [4.78, 5) is 7.45. The Morgan fingerprint density at radius 1 is 1.38 bits per heavy atom. The highest BCUT2D eigenvalue weighted by molar-refractivity contribution is 7.15. The molecule has 2 aromatic rings. The molecule has 0 atom stereocenters. The zero-order chi connectivity index (χ0) is 11.5. The molecule has 0 unspecified atom stereocenters. The molecule has 1 heterocycles. The summed E-state index contributed by atoms with van der Waals surface area (Å²) in [6.45, 7) is 2.96. The van der Waals surface area contributed by atoms with Crippen LogP contribution in [0.5, 0.6) is 0 Å². The number of para-hydroxylation sites is 1.